The fourth-order valence-corrected chi connectivity index (χ4v) is 8.84. The maximum Gasteiger partial charge on any atom is 0.522 e. The molecule has 0 bridgehead atoms. The third kappa shape index (κ3) is 10.1. The van der Waals surface area contributed by atoms with E-state index in [0.717, 1.165) is 25.7 Å². The quantitative estimate of drug-likeness (QED) is 0.0753. The highest BCUT2D eigenvalue weighted by molar-refractivity contribution is 7.99. The van der Waals surface area contributed by atoms with Gasteiger partial charge in [0.25, 0.3) is 0 Å². The summed E-state index contributed by atoms with van der Waals surface area (Å²) in [6.07, 6.45) is 0. The summed E-state index contributed by atoms with van der Waals surface area (Å²) in [7, 11) is -10.4. The minimum atomic E-state index is -5.84. The first-order valence-corrected chi connectivity index (χ1v) is 18.9. The Hall–Kier alpha value is -3.32. The normalized spacial score (nSPS) is 12.0. The minimum absolute atomic E-state index is 0.0940. The van der Waals surface area contributed by atoms with Gasteiger partial charge in [-0.2, -0.15) is 21.6 Å². The molecule has 15 heteroatoms. The lowest BCUT2D eigenvalue weighted by Crippen LogP contribution is -2.21. The van der Waals surface area contributed by atoms with Gasteiger partial charge in [-0.15, -0.1) is 0 Å². The zero-order valence-corrected chi connectivity index (χ0v) is 27.9. The molecule has 0 amide bonds. The fourth-order valence-electron chi connectivity index (χ4n) is 4.05. The van der Waals surface area contributed by atoms with Crippen molar-refractivity contribution in [2.75, 3.05) is 0 Å². The average Bonchev–Trinajstić information content (AvgIpc) is 3.00. The lowest BCUT2D eigenvalue weighted by Gasteiger charge is -2.19. The molecule has 0 fully saturated rings. The summed E-state index contributed by atoms with van der Waals surface area (Å²) in [6.45, 7) is 0. The van der Waals surface area contributed by atoms with Gasteiger partial charge < -0.3 is 0 Å². The summed E-state index contributed by atoms with van der Waals surface area (Å²) in [5.41, 5.74) is -4.82. The van der Waals surface area contributed by atoms with Crippen molar-refractivity contribution >= 4 is 67.2 Å². The number of rotatable bonds is 8. The molecule has 0 radical (unpaired) electrons. The summed E-state index contributed by atoms with van der Waals surface area (Å²) >= 11 is 7.95. The molecule has 0 saturated carbocycles. The van der Waals surface area contributed by atoms with E-state index in [1.807, 2.05) is 42.5 Å². The predicted octanol–water partition coefficient (Wildman–Crippen LogP) is 7.90. The van der Waals surface area contributed by atoms with Gasteiger partial charge in [0, 0.05) is 9.79 Å². The van der Waals surface area contributed by atoms with Crippen molar-refractivity contribution in [3.05, 3.63) is 144 Å². The van der Waals surface area contributed by atoms with Gasteiger partial charge in [0.05, 0.1) is 15.7 Å². The standard InChI is InChI=1S/C31H22ClF2O2PS2.CHF3O3S/c32-30-20-29(39(35,36)21-22-4-2-1-3-5-22)18-19-31(30)38-28-16-14-27(15-17-28)37(25-10-6-23(33)7-11-25)26-12-8-24(34)9-13-26;2-1(3,4)8(5,6)7/h1-20H,21H2;(H,5,6,7). The van der Waals surface area contributed by atoms with Gasteiger partial charge in [0.2, 0.25) is 0 Å². The van der Waals surface area contributed by atoms with Crippen LogP contribution in [0.1, 0.15) is 5.56 Å². The zero-order valence-electron chi connectivity index (χ0n) is 23.8. The molecule has 0 unspecified atom stereocenters. The van der Waals surface area contributed by atoms with Gasteiger partial charge >= 0.3 is 15.6 Å². The molecule has 246 valence electrons. The Labute approximate surface area is 278 Å². The van der Waals surface area contributed by atoms with Crippen LogP contribution in [-0.2, 0) is 25.7 Å². The molecule has 0 aromatic heterocycles. The van der Waals surface area contributed by atoms with E-state index in [1.54, 1.807) is 48.5 Å². The van der Waals surface area contributed by atoms with E-state index < -0.39 is 33.4 Å². The van der Waals surface area contributed by atoms with Crippen LogP contribution in [0.15, 0.2) is 136 Å². The molecule has 5 rings (SSSR count). The second-order valence-corrected chi connectivity index (χ2v) is 16.8. The van der Waals surface area contributed by atoms with Gasteiger partial charge in [-0.25, -0.2) is 17.2 Å². The number of halogens is 6. The summed E-state index contributed by atoms with van der Waals surface area (Å²) in [5, 5.41) is 3.29. The van der Waals surface area contributed by atoms with Crippen molar-refractivity contribution in [3.8, 4) is 0 Å². The Bertz CT molecular complexity index is 1980. The van der Waals surface area contributed by atoms with Crippen LogP contribution in [0.25, 0.3) is 0 Å². The topological polar surface area (TPSA) is 88.5 Å². The van der Waals surface area contributed by atoms with Crippen LogP contribution in [0.4, 0.5) is 22.0 Å². The molecule has 5 nitrogen and oxygen atoms in total. The van der Waals surface area contributed by atoms with Crippen molar-refractivity contribution in [3.63, 3.8) is 0 Å². The molecular weight excluding hydrogens is 722 g/mol. The van der Waals surface area contributed by atoms with Gasteiger partial charge in [0.15, 0.2) is 9.84 Å². The molecule has 0 atom stereocenters. The monoisotopic (exact) mass is 744 g/mol. The Kier molecular flexibility index (Phi) is 11.9. The average molecular weight is 745 g/mol. The van der Waals surface area contributed by atoms with E-state index in [0.29, 0.717) is 10.6 Å². The van der Waals surface area contributed by atoms with Crippen LogP contribution in [0.2, 0.25) is 5.02 Å². The Morgan fingerprint density at radius 1 is 0.681 bits per heavy atom. The fraction of sp³-hybridized carbons (Fsp3) is 0.0625. The number of alkyl halides is 3. The third-order valence-electron chi connectivity index (χ3n) is 6.25. The molecule has 0 saturated heterocycles. The predicted molar refractivity (Wildman–Crippen MR) is 176 cm³/mol. The third-order valence-corrected chi connectivity index (χ3v) is 12.5. The van der Waals surface area contributed by atoms with E-state index >= 15 is 0 Å². The number of hydrogen-bond donors (Lipinski definition) is 1. The van der Waals surface area contributed by atoms with Crippen LogP contribution in [-0.4, -0.2) is 26.9 Å². The highest BCUT2D eigenvalue weighted by Gasteiger charge is 2.44. The molecule has 0 spiro atoms. The van der Waals surface area contributed by atoms with Crippen LogP contribution in [0.3, 0.4) is 0 Å². The SMILES string of the molecule is O=S(=O)(Cc1ccccc1)c1ccc(Sc2ccc(P(c3ccc(F)cc3)c3ccc(F)cc3)cc2)c(Cl)c1.O=S(=O)(O)C(F)(F)F. The molecule has 0 aliphatic rings. The molecule has 5 aromatic carbocycles. The number of sulfone groups is 1. The molecular formula is C32H23ClF5O5PS3. The first kappa shape index (κ1) is 36.5. The second-order valence-electron chi connectivity index (χ2n) is 9.64. The first-order chi connectivity index (χ1) is 22.0. The van der Waals surface area contributed by atoms with E-state index in [1.165, 1.54) is 42.1 Å². The summed E-state index contributed by atoms with van der Waals surface area (Å²) in [5.74, 6) is -0.714. The Morgan fingerprint density at radius 2 is 1.13 bits per heavy atom. The van der Waals surface area contributed by atoms with E-state index in [4.69, 9.17) is 24.6 Å². The van der Waals surface area contributed by atoms with Crippen molar-refractivity contribution in [1.82, 2.24) is 0 Å². The maximum atomic E-state index is 13.6. The number of benzene rings is 5. The van der Waals surface area contributed by atoms with E-state index in [9.17, 15) is 30.4 Å². The van der Waals surface area contributed by atoms with Crippen LogP contribution >= 0.6 is 31.3 Å². The van der Waals surface area contributed by atoms with Crippen LogP contribution < -0.4 is 15.9 Å². The van der Waals surface area contributed by atoms with Gasteiger partial charge in [0.1, 0.15) is 11.6 Å². The first-order valence-electron chi connectivity index (χ1n) is 13.2. The lowest BCUT2D eigenvalue weighted by atomic mass is 10.2. The molecule has 0 aliphatic heterocycles. The highest BCUT2D eigenvalue weighted by atomic mass is 35.5. The maximum absolute atomic E-state index is 13.6. The molecule has 0 aliphatic carbocycles. The minimum Gasteiger partial charge on any atom is -0.279 e. The Balaban J connectivity index is 0.000000555. The van der Waals surface area contributed by atoms with E-state index in [2.05, 4.69) is 0 Å². The number of hydrogen-bond acceptors (Lipinski definition) is 5. The van der Waals surface area contributed by atoms with Crippen molar-refractivity contribution in [1.29, 1.82) is 0 Å². The lowest BCUT2D eigenvalue weighted by molar-refractivity contribution is -0.0510. The Morgan fingerprint density at radius 3 is 1.55 bits per heavy atom. The van der Waals surface area contributed by atoms with Crippen LogP contribution in [0.5, 0.6) is 0 Å². The summed E-state index contributed by atoms with van der Waals surface area (Å²) in [6, 6.07) is 34.6. The smallest absolute Gasteiger partial charge is 0.279 e. The molecule has 5 aromatic rings. The van der Waals surface area contributed by atoms with E-state index in [-0.39, 0.29) is 22.3 Å². The molecule has 0 heterocycles. The summed E-state index contributed by atoms with van der Waals surface area (Å²) in [4.78, 5) is 1.84. The van der Waals surface area contributed by atoms with Crippen molar-refractivity contribution < 1.29 is 43.3 Å². The highest BCUT2D eigenvalue weighted by Crippen LogP contribution is 2.37. The summed E-state index contributed by atoms with van der Waals surface area (Å²) < 4.78 is 111. The molecule has 1 N–H and O–H groups in total. The van der Waals surface area contributed by atoms with Gasteiger partial charge in [-0.1, -0.05) is 90.1 Å². The molecule has 47 heavy (non-hydrogen) atoms. The van der Waals surface area contributed by atoms with Gasteiger partial charge in [-0.05, 0) is 84.0 Å². The van der Waals surface area contributed by atoms with Gasteiger partial charge in [-0.3, -0.25) is 4.55 Å². The zero-order chi connectivity index (χ0) is 34.4. The van der Waals surface area contributed by atoms with Crippen molar-refractivity contribution in [2.24, 2.45) is 0 Å². The second kappa shape index (κ2) is 15.3. The largest absolute Gasteiger partial charge is 0.522 e. The van der Waals surface area contributed by atoms with Crippen molar-refractivity contribution in [2.45, 2.75) is 25.9 Å². The van der Waals surface area contributed by atoms with Crippen LogP contribution in [0, 0.1) is 11.6 Å².